The minimum Gasteiger partial charge on any atom is -0.314 e. The number of halogens is 5. The van der Waals surface area contributed by atoms with Gasteiger partial charge in [-0.25, -0.2) is 0 Å². The molecular weight excluding hydrogens is 308 g/mol. The molecule has 0 aromatic heterocycles. The lowest BCUT2D eigenvalue weighted by Crippen LogP contribution is -2.45. The van der Waals surface area contributed by atoms with E-state index in [1.54, 1.807) is 0 Å². The molecule has 21 heavy (non-hydrogen) atoms. The Kier molecular flexibility index (Phi) is 5.46. The van der Waals surface area contributed by atoms with Crippen LogP contribution < -0.4 is 5.32 Å². The number of benzene rings is 1. The van der Waals surface area contributed by atoms with Crippen LogP contribution in [0.15, 0.2) is 18.2 Å². The maximum absolute atomic E-state index is 13.2. The van der Waals surface area contributed by atoms with Gasteiger partial charge in [0.15, 0.2) is 0 Å². The van der Waals surface area contributed by atoms with Crippen molar-refractivity contribution < 1.29 is 17.6 Å². The van der Waals surface area contributed by atoms with Gasteiger partial charge >= 0.3 is 6.18 Å². The Balaban J connectivity index is 2.43. The lowest BCUT2D eigenvalue weighted by Gasteiger charge is -2.36. The molecule has 0 amide bonds. The van der Waals surface area contributed by atoms with Crippen LogP contribution in [0.5, 0.6) is 0 Å². The summed E-state index contributed by atoms with van der Waals surface area (Å²) in [5, 5.41) is 3.18. The molecule has 1 aliphatic rings. The average Bonchev–Trinajstić information content (AvgIpc) is 2.45. The zero-order valence-corrected chi connectivity index (χ0v) is 12.1. The highest BCUT2D eigenvalue weighted by molar-refractivity contribution is 6.31. The monoisotopic (exact) mass is 324 g/mol. The zero-order valence-electron chi connectivity index (χ0n) is 11.4. The Hall–Kier alpha value is -0.850. The Morgan fingerprint density at radius 3 is 2.48 bits per heavy atom. The maximum atomic E-state index is 13.2. The molecule has 1 saturated heterocycles. The normalized spacial score (nSPS) is 18.7. The third-order valence-electron chi connectivity index (χ3n) is 3.67. The van der Waals surface area contributed by atoms with Crippen LogP contribution >= 0.6 is 11.6 Å². The minimum atomic E-state index is -4.50. The molecule has 0 bridgehead atoms. The molecule has 118 valence electrons. The summed E-state index contributed by atoms with van der Waals surface area (Å²) >= 11 is 6.02. The number of hydrogen-bond donors (Lipinski definition) is 1. The van der Waals surface area contributed by atoms with Gasteiger partial charge < -0.3 is 5.32 Å². The third-order valence-corrected chi connectivity index (χ3v) is 4.00. The van der Waals surface area contributed by atoms with Gasteiger partial charge in [-0.1, -0.05) is 17.7 Å². The Morgan fingerprint density at radius 1 is 1.24 bits per heavy atom. The van der Waals surface area contributed by atoms with Crippen LogP contribution in [0.3, 0.4) is 0 Å². The molecule has 1 aromatic carbocycles. The van der Waals surface area contributed by atoms with Crippen molar-refractivity contribution in [3.63, 3.8) is 0 Å². The quantitative estimate of drug-likeness (QED) is 0.850. The molecule has 1 aliphatic heterocycles. The van der Waals surface area contributed by atoms with E-state index in [2.05, 4.69) is 5.32 Å². The number of nitrogens with one attached hydrogen (secondary N) is 1. The second-order valence-corrected chi connectivity index (χ2v) is 5.39. The van der Waals surface area contributed by atoms with Crippen molar-refractivity contribution in [2.75, 3.05) is 32.9 Å². The fourth-order valence-corrected chi connectivity index (χ4v) is 3.03. The van der Waals surface area contributed by atoms with Crippen LogP contribution in [0, 0.1) is 0 Å². The van der Waals surface area contributed by atoms with E-state index < -0.39 is 24.5 Å². The summed E-state index contributed by atoms with van der Waals surface area (Å²) in [7, 11) is 0. The van der Waals surface area contributed by atoms with Crippen molar-refractivity contribution in [1.29, 1.82) is 0 Å². The van der Waals surface area contributed by atoms with E-state index in [0.717, 1.165) is 6.07 Å². The van der Waals surface area contributed by atoms with Crippen molar-refractivity contribution in [1.82, 2.24) is 10.2 Å². The van der Waals surface area contributed by atoms with E-state index in [4.69, 9.17) is 11.6 Å². The van der Waals surface area contributed by atoms with Gasteiger partial charge in [0.1, 0.15) is 0 Å². The van der Waals surface area contributed by atoms with Gasteiger partial charge in [-0.2, -0.15) is 13.2 Å². The highest BCUT2D eigenvalue weighted by Crippen LogP contribution is 2.41. The van der Waals surface area contributed by atoms with E-state index in [-0.39, 0.29) is 17.0 Å². The Morgan fingerprint density at radius 2 is 1.90 bits per heavy atom. The highest BCUT2D eigenvalue weighted by atomic mass is 35.5. The van der Waals surface area contributed by atoms with E-state index in [1.807, 2.05) is 4.90 Å². The number of alkyl halides is 4. The molecule has 7 heteroatoms. The van der Waals surface area contributed by atoms with Crippen LogP contribution in [0.25, 0.3) is 0 Å². The van der Waals surface area contributed by atoms with Gasteiger partial charge in [0.05, 0.1) is 12.2 Å². The molecule has 2 rings (SSSR count). The lowest BCUT2D eigenvalue weighted by molar-refractivity contribution is -0.138. The van der Waals surface area contributed by atoms with Crippen molar-refractivity contribution >= 4 is 11.6 Å². The number of piperazine rings is 1. The predicted molar refractivity (Wildman–Crippen MR) is 74.2 cm³/mol. The smallest absolute Gasteiger partial charge is 0.314 e. The van der Waals surface area contributed by atoms with E-state index >= 15 is 0 Å². The molecule has 0 saturated carbocycles. The van der Waals surface area contributed by atoms with Gasteiger partial charge in [0.2, 0.25) is 0 Å². The van der Waals surface area contributed by atoms with Crippen molar-refractivity contribution in [2.45, 2.75) is 18.6 Å². The van der Waals surface area contributed by atoms with Gasteiger partial charge in [0, 0.05) is 42.8 Å². The topological polar surface area (TPSA) is 15.3 Å². The SMILES string of the molecule is FCC[C@H](c1c(Cl)cccc1C(F)(F)F)N1CCNCC1. The highest BCUT2D eigenvalue weighted by Gasteiger charge is 2.37. The first-order valence-electron chi connectivity index (χ1n) is 6.81. The van der Waals surface area contributed by atoms with Crippen LogP contribution in [0.2, 0.25) is 5.02 Å². The third kappa shape index (κ3) is 3.87. The first-order chi connectivity index (χ1) is 9.95. The first kappa shape index (κ1) is 16.5. The van der Waals surface area contributed by atoms with E-state index in [9.17, 15) is 17.6 Å². The summed E-state index contributed by atoms with van der Waals surface area (Å²) in [6, 6.07) is 3.06. The summed E-state index contributed by atoms with van der Waals surface area (Å²) in [4.78, 5) is 1.87. The Labute approximate surface area is 126 Å². The second kappa shape index (κ2) is 6.94. The number of rotatable bonds is 4. The minimum absolute atomic E-state index is 0.00676. The van der Waals surface area contributed by atoms with Crippen molar-refractivity contribution in [2.24, 2.45) is 0 Å². The lowest BCUT2D eigenvalue weighted by atomic mass is 9.95. The summed E-state index contributed by atoms with van der Waals surface area (Å²) in [5.41, 5.74) is -0.779. The number of nitrogens with zero attached hydrogens (tertiary/aromatic N) is 1. The van der Waals surface area contributed by atoms with Crippen LogP contribution in [-0.2, 0) is 6.18 Å². The number of hydrogen-bond acceptors (Lipinski definition) is 2. The average molecular weight is 325 g/mol. The van der Waals surface area contributed by atoms with Crippen LogP contribution in [0.1, 0.15) is 23.6 Å². The maximum Gasteiger partial charge on any atom is 0.416 e. The van der Waals surface area contributed by atoms with Gasteiger partial charge in [-0.05, 0) is 18.6 Å². The fourth-order valence-electron chi connectivity index (χ4n) is 2.73. The van der Waals surface area contributed by atoms with Crippen LogP contribution in [-0.4, -0.2) is 37.8 Å². The molecule has 2 nitrogen and oxygen atoms in total. The largest absolute Gasteiger partial charge is 0.416 e. The molecule has 0 spiro atoms. The summed E-state index contributed by atoms with van der Waals surface area (Å²) < 4.78 is 52.5. The second-order valence-electron chi connectivity index (χ2n) is 4.98. The summed E-state index contributed by atoms with van der Waals surface area (Å²) in [5.74, 6) is 0. The van der Waals surface area contributed by atoms with Crippen LogP contribution in [0.4, 0.5) is 17.6 Å². The molecule has 0 radical (unpaired) electrons. The van der Waals surface area contributed by atoms with E-state index in [0.29, 0.717) is 26.2 Å². The molecule has 1 atom stereocenters. The molecule has 0 aliphatic carbocycles. The van der Waals surface area contributed by atoms with Gasteiger partial charge in [-0.3, -0.25) is 9.29 Å². The van der Waals surface area contributed by atoms with E-state index in [1.165, 1.54) is 12.1 Å². The van der Waals surface area contributed by atoms with Crippen molar-refractivity contribution in [3.05, 3.63) is 34.3 Å². The van der Waals surface area contributed by atoms with Gasteiger partial charge in [0.25, 0.3) is 0 Å². The fraction of sp³-hybridized carbons (Fsp3) is 0.571. The zero-order chi connectivity index (χ0) is 15.5. The molecule has 1 N–H and O–H groups in total. The molecular formula is C14H17ClF4N2. The van der Waals surface area contributed by atoms with Crippen molar-refractivity contribution in [3.8, 4) is 0 Å². The Bertz CT molecular complexity index is 473. The molecule has 0 unspecified atom stereocenters. The standard InChI is InChI=1S/C14H17ClF4N2/c15-11-3-1-2-10(14(17,18)19)13(11)12(4-5-16)21-8-6-20-7-9-21/h1-3,12,20H,4-9H2/t12-/m1/s1. The predicted octanol–water partition coefficient (Wildman–Crippen LogP) is 3.66. The summed E-state index contributed by atoms with van der Waals surface area (Å²) in [6.07, 6.45) is -4.49. The first-order valence-corrected chi connectivity index (χ1v) is 7.19. The van der Waals surface area contributed by atoms with Gasteiger partial charge in [-0.15, -0.1) is 0 Å². The molecule has 1 fully saturated rings. The molecule has 1 heterocycles. The summed E-state index contributed by atoms with van der Waals surface area (Å²) in [6.45, 7) is 1.82. The molecule has 1 aromatic rings.